The molecule has 1 heterocycles. The summed E-state index contributed by atoms with van der Waals surface area (Å²) in [5.74, 6) is -0.484. The van der Waals surface area contributed by atoms with E-state index in [4.69, 9.17) is 17.3 Å². The lowest BCUT2D eigenvalue weighted by atomic mass is 10.2. The summed E-state index contributed by atoms with van der Waals surface area (Å²) in [6.45, 7) is 2.23. The Kier molecular flexibility index (Phi) is 3.88. The van der Waals surface area contributed by atoms with Crippen molar-refractivity contribution in [3.63, 3.8) is 0 Å². The van der Waals surface area contributed by atoms with Crippen LogP contribution in [0.2, 0.25) is 5.02 Å². The van der Waals surface area contributed by atoms with E-state index >= 15 is 0 Å². The maximum Gasteiger partial charge on any atom is 0.144 e. The third-order valence-electron chi connectivity index (χ3n) is 3.71. The Bertz CT molecular complexity index is 637. The van der Waals surface area contributed by atoms with Crippen LogP contribution in [0.25, 0.3) is 0 Å². The van der Waals surface area contributed by atoms with Gasteiger partial charge in [-0.1, -0.05) is 11.6 Å². The van der Waals surface area contributed by atoms with Crippen LogP contribution in [0, 0.1) is 5.82 Å². The summed E-state index contributed by atoms with van der Waals surface area (Å²) < 4.78 is 13.5. The van der Waals surface area contributed by atoms with Crippen LogP contribution in [0.3, 0.4) is 0 Å². The Balaban J connectivity index is 1.77. The summed E-state index contributed by atoms with van der Waals surface area (Å²) in [6.07, 6.45) is 2.50. The third-order valence-corrected chi connectivity index (χ3v) is 4.00. The highest BCUT2D eigenvalue weighted by Crippen LogP contribution is 2.29. The van der Waals surface area contributed by atoms with E-state index in [-0.39, 0.29) is 5.02 Å². The van der Waals surface area contributed by atoms with Gasteiger partial charge in [0.05, 0.1) is 16.4 Å². The number of nitrogens with zero attached hydrogens (tertiary/aromatic N) is 1. The van der Waals surface area contributed by atoms with Gasteiger partial charge in [0.2, 0.25) is 0 Å². The quantitative estimate of drug-likeness (QED) is 0.826. The van der Waals surface area contributed by atoms with Crippen LogP contribution in [-0.2, 0) is 0 Å². The standard InChI is InChI=1S/C16H17ClFN3/c17-13-9-15(19)16(10-14(13)18)20-11-3-5-12(6-4-11)21-7-1-2-8-21/h3-6,9-10,20H,1-2,7-8,19H2. The molecule has 110 valence electrons. The Morgan fingerprint density at radius 3 is 2.43 bits per heavy atom. The molecule has 3 nitrogen and oxygen atoms in total. The Labute approximate surface area is 128 Å². The van der Waals surface area contributed by atoms with Crippen molar-refractivity contribution < 1.29 is 4.39 Å². The zero-order valence-electron chi connectivity index (χ0n) is 11.6. The molecule has 21 heavy (non-hydrogen) atoms. The lowest BCUT2D eigenvalue weighted by Gasteiger charge is -2.18. The van der Waals surface area contributed by atoms with Crippen molar-refractivity contribution in [1.29, 1.82) is 0 Å². The number of anilines is 4. The molecule has 0 unspecified atom stereocenters. The zero-order chi connectivity index (χ0) is 14.8. The lowest BCUT2D eigenvalue weighted by molar-refractivity contribution is 0.629. The zero-order valence-corrected chi connectivity index (χ0v) is 12.3. The van der Waals surface area contributed by atoms with E-state index in [2.05, 4.69) is 22.3 Å². The van der Waals surface area contributed by atoms with Gasteiger partial charge >= 0.3 is 0 Å². The SMILES string of the molecule is Nc1cc(Cl)c(F)cc1Nc1ccc(N2CCCC2)cc1. The average molecular weight is 306 g/mol. The van der Waals surface area contributed by atoms with Crippen molar-refractivity contribution >= 4 is 34.4 Å². The van der Waals surface area contributed by atoms with Crippen LogP contribution in [0.15, 0.2) is 36.4 Å². The molecule has 1 aliphatic rings. The first-order valence-electron chi connectivity index (χ1n) is 7.00. The second-order valence-electron chi connectivity index (χ2n) is 5.22. The predicted octanol–water partition coefficient (Wildman–Crippen LogP) is 4.41. The minimum atomic E-state index is -0.484. The molecule has 0 saturated carbocycles. The lowest BCUT2D eigenvalue weighted by Crippen LogP contribution is -2.17. The van der Waals surface area contributed by atoms with Crippen LogP contribution in [0.4, 0.5) is 27.1 Å². The number of rotatable bonds is 3. The van der Waals surface area contributed by atoms with Crippen LogP contribution in [0.5, 0.6) is 0 Å². The molecule has 0 spiro atoms. The van der Waals surface area contributed by atoms with Gasteiger partial charge < -0.3 is 16.0 Å². The fourth-order valence-electron chi connectivity index (χ4n) is 2.56. The Morgan fingerprint density at radius 1 is 1.10 bits per heavy atom. The van der Waals surface area contributed by atoms with Crippen molar-refractivity contribution in [3.05, 3.63) is 47.2 Å². The van der Waals surface area contributed by atoms with Crippen LogP contribution >= 0.6 is 11.6 Å². The van der Waals surface area contributed by atoms with Gasteiger partial charge in [0.25, 0.3) is 0 Å². The number of nitrogen functional groups attached to an aromatic ring is 1. The molecule has 0 bridgehead atoms. The molecule has 0 aromatic heterocycles. The molecule has 2 aromatic carbocycles. The molecule has 0 radical (unpaired) electrons. The highest BCUT2D eigenvalue weighted by molar-refractivity contribution is 6.31. The van der Waals surface area contributed by atoms with Gasteiger partial charge in [-0.15, -0.1) is 0 Å². The normalized spacial score (nSPS) is 14.5. The molecule has 3 rings (SSSR count). The van der Waals surface area contributed by atoms with Crippen molar-refractivity contribution in [2.24, 2.45) is 0 Å². The van der Waals surface area contributed by atoms with Gasteiger partial charge in [-0.3, -0.25) is 0 Å². The van der Waals surface area contributed by atoms with Gasteiger partial charge in [0, 0.05) is 30.5 Å². The highest BCUT2D eigenvalue weighted by atomic mass is 35.5. The van der Waals surface area contributed by atoms with E-state index in [9.17, 15) is 4.39 Å². The molecule has 1 saturated heterocycles. The number of nitrogens with one attached hydrogen (secondary N) is 1. The van der Waals surface area contributed by atoms with Gasteiger partial charge in [0.1, 0.15) is 5.82 Å². The topological polar surface area (TPSA) is 41.3 Å². The summed E-state index contributed by atoms with van der Waals surface area (Å²) in [7, 11) is 0. The van der Waals surface area contributed by atoms with Crippen molar-refractivity contribution in [2.45, 2.75) is 12.8 Å². The number of nitrogens with two attached hydrogens (primary N) is 1. The summed E-state index contributed by atoms with van der Waals surface area (Å²) in [5, 5.41) is 3.15. The summed E-state index contributed by atoms with van der Waals surface area (Å²) in [6, 6.07) is 10.8. The van der Waals surface area contributed by atoms with Gasteiger partial charge in [-0.05, 0) is 43.2 Å². The fraction of sp³-hybridized carbons (Fsp3) is 0.250. The fourth-order valence-corrected chi connectivity index (χ4v) is 2.73. The van der Waals surface area contributed by atoms with Crippen LogP contribution in [0.1, 0.15) is 12.8 Å². The molecule has 1 fully saturated rings. The molecule has 0 amide bonds. The second-order valence-corrected chi connectivity index (χ2v) is 5.63. The highest BCUT2D eigenvalue weighted by Gasteiger charge is 2.12. The molecular formula is C16H17ClFN3. The van der Waals surface area contributed by atoms with Crippen molar-refractivity contribution in [1.82, 2.24) is 0 Å². The Morgan fingerprint density at radius 2 is 1.76 bits per heavy atom. The van der Waals surface area contributed by atoms with E-state index in [1.807, 2.05) is 12.1 Å². The molecule has 0 aliphatic carbocycles. The van der Waals surface area contributed by atoms with E-state index in [0.717, 1.165) is 18.8 Å². The van der Waals surface area contributed by atoms with Gasteiger partial charge in [-0.25, -0.2) is 4.39 Å². The van der Waals surface area contributed by atoms with E-state index in [1.54, 1.807) is 0 Å². The number of hydrogen-bond donors (Lipinski definition) is 2. The first-order chi connectivity index (χ1) is 10.1. The van der Waals surface area contributed by atoms with Gasteiger partial charge in [0.15, 0.2) is 0 Å². The van der Waals surface area contributed by atoms with Crippen LogP contribution < -0.4 is 16.0 Å². The summed E-state index contributed by atoms with van der Waals surface area (Å²) in [5.41, 5.74) is 8.87. The Hall–Kier alpha value is -1.94. The maximum atomic E-state index is 13.5. The maximum absolute atomic E-state index is 13.5. The smallest absolute Gasteiger partial charge is 0.144 e. The van der Waals surface area contributed by atoms with Crippen molar-refractivity contribution in [3.8, 4) is 0 Å². The predicted molar refractivity (Wildman–Crippen MR) is 87.0 cm³/mol. The minimum absolute atomic E-state index is 0.0300. The third kappa shape index (κ3) is 3.05. The van der Waals surface area contributed by atoms with Crippen LogP contribution in [-0.4, -0.2) is 13.1 Å². The van der Waals surface area contributed by atoms with Crippen molar-refractivity contribution in [2.75, 3.05) is 29.0 Å². The molecule has 1 aliphatic heterocycles. The minimum Gasteiger partial charge on any atom is -0.397 e. The first kappa shape index (κ1) is 14.0. The molecule has 2 aromatic rings. The average Bonchev–Trinajstić information content (AvgIpc) is 3.00. The first-order valence-corrected chi connectivity index (χ1v) is 7.38. The van der Waals surface area contributed by atoms with E-state index in [0.29, 0.717) is 11.4 Å². The molecular weight excluding hydrogens is 289 g/mol. The summed E-state index contributed by atoms with van der Waals surface area (Å²) in [4.78, 5) is 2.36. The van der Waals surface area contributed by atoms with Gasteiger partial charge in [-0.2, -0.15) is 0 Å². The number of benzene rings is 2. The second kappa shape index (κ2) is 5.82. The monoisotopic (exact) mass is 305 g/mol. The molecule has 0 atom stereocenters. The largest absolute Gasteiger partial charge is 0.397 e. The molecule has 5 heteroatoms. The number of hydrogen-bond acceptors (Lipinski definition) is 3. The summed E-state index contributed by atoms with van der Waals surface area (Å²) >= 11 is 5.69. The number of halogens is 2. The molecule has 3 N–H and O–H groups in total. The van der Waals surface area contributed by atoms with E-state index in [1.165, 1.54) is 30.7 Å². The van der Waals surface area contributed by atoms with E-state index < -0.39 is 5.82 Å².